The molecule has 2 aliphatic heterocycles. The van der Waals surface area contributed by atoms with Crippen LogP contribution in [0.2, 0.25) is 0 Å². The number of hydrogen-bond acceptors (Lipinski definition) is 6. The van der Waals surface area contributed by atoms with Gasteiger partial charge in [-0.3, -0.25) is 9.59 Å². The van der Waals surface area contributed by atoms with Crippen LogP contribution in [-0.2, 0) is 9.59 Å². The number of nitrogens with zero attached hydrogens (tertiary/aromatic N) is 1. The normalized spacial score (nSPS) is 15.1. The third-order valence-corrected chi connectivity index (χ3v) is 5.42. The molecular formula is C26H21FN2O5. The molecule has 2 amide bonds. The number of carbonyl (C=O) groups is 2. The van der Waals surface area contributed by atoms with Crippen LogP contribution in [0, 0.1) is 5.82 Å². The quantitative estimate of drug-likeness (QED) is 0.550. The van der Waals surface area contributed by atoms with Crippen molar-refractivity contribution in [2.24, 2.45) is 0 Å². The van der Waals surface area contributed by atoms with Crippen LogP contribution in [0.25, 0.3) is 5.57 Å². The predicted molar refractivity (Wildman–Crippen MR) is 124 cm³/mol. The average Bonchev–Trinajstić information content (AvgIpc) is 3.09. The first-order valence-electron chi connectivity index (χ1n) is 10.8. The van der Waals surface area contributed by atoms with Gasteiger partial charge in [0.1, 0.15) is 30.5 Å². The zero-order valence-electron chi connectivity index (χ0n) is 18.3. The Morgan fingerprint density at radius 3 is 2.47 bits per heavy atom. The molecule has 0 spiro atoms. The maximum atomic E-state index is 13.6. The Kier molecular flexibility index (Phi) is 5.63. The molecule has 0 aliphatic carbocycles. The molecule has 3 aromatic carbocycles. The van der Waals surface area contributed by atoms with E-state index in [1.807, 2.05) is 6.92 Å². The molecule has 0 saturated heterocycles. The minimum absolute atomic E-state index is 0.0788. The fraction of sp³-hybridized carbons (Fsp3) is 0.154. The molecule has 0 radical (unpaired) electrons. The minimum Gasteiger partial charge on any atom is -0.494 e. The number of halogens is 1. The van der Waals surface area contributed by atoms with Gasteiger partial charge in [-0.1, -0.05) is 18.2 Å². The van der Waals surface area contributed by atoms with Crippen molar-refractivity contribution in [3.63, 3.8) is 0 Å². The van der Waals surface area contributed by atoms with E-state index in [-0.39, 0.29) is 11.3 Å². The lowest BCUT2D eigenvalue weighted by Crippen LogP contribution is -2.32. The number of anilines is 2. The van der Waals surface area contributed by atoms with E-state index in [0.717, 1.165) is 4.90 Å². The molecule has 3 aromatic rings. The van der Waals surface area contributed by atoms with Crippen molar-refractivity contribution < 1.29 is 28.2 Å². The van der Waals surface area contributed by atoms with E-state index in [9.17, 15) is 14.0 Å². The minimum atomic E-state index is -0.534. The molecule has 0 fully saturated rings. The van der Waals surface area contributed by atoms with Crippen LogP contribution in [0.4, 0.5) is 15.8 Å². The highest BCUT2D eigenvalue weighted by Gasteiger charge is 2.40. The van der Waals surface area contributed by atoms with E-state index >= 15 is 0 Å². The summed E-state index contributed by atoms with van der Waals surface area (Å²) in [5, 5.41) is 3.08. The van der Waals surface area contributed by atoms with Crippen LogP contribution >= 0.6 is 0 Å². The maximum absolute atomic E-state index is 13.6. The number of ether oxygens (including phenoxy) is 3. The average molecular weight is 460 g/mol. The number of amides is 2. The SMILES string of the molecule is CCOc1cccc(N2C(=O)C(Nc3ccc4c(c3)OCCO4)=C(c3ccc(F)cc3)C2=O)c1. The largest absolute Gasteiger partial charge is 0.494 e. The molecule has 0 unspecified atom stereocenters. The molecule has 0 aromatic heterocycles. The summed E-state index contributed by atoms with van der Waals surface area (Å²) >= 11 is 0. The van der Waals surface area contributed by atoms with E-state index in [1.165, 1.54) is 24.3 Å². The summed E-state index contributed by atoms with van der Waals surface area (Å²) in [5.74, 6) is 0.185. The van der Waals surface area contributed by atoms with E-state index < -0.39 is 17.6 Å². The second kappa shape index (κ2) is 8.90. The molecular weight excluding hydrogens is 439 g/mol. The smallest absolute Gasteiger partial charge is 0.282 e. The molecule has 0 bridgehead atoms. The zero-order valence-corrected chi connectivity index (χ0v) is 18.3. The summed E-state index contributed by atoms with van der Waals surface area (Å²) in [5.41, 5.74) is 1.56. The summed E-state index contributed by atoms with van der Waals surface area (Å²) in [6, 6.07) is 17.4. The Labute approximate surface area is 195 Å². The van der Waals surface area contributed by atoms with Gasteiger partial charge in [0.25, 0.3) is 11.8 Å². The number of fused-ring (bicyclic) bond motifs is 1. The zero-order chi connectivity index (χ0) is 23.7. The standard InChI is InChI=1S/C26H21FN2O5/c1-2-32-20-5-3-4-19(15-20)29-25(30)23(16-6-8-17(27)9-7-16)24(26(29)31)28-18-10-11-21-22(14-18)34-13-12-33-21/h3-11,14-15,28H,2,12-13H2,1H3. The first-order valence-corrected chi connectivity index (χ1v) is 10.8. The Hall–Kier alpha value is -4.33. The van der Waals surface area contributed by atoms with Crippen molar-refractivity contribution in [2.75, 3.05) is 30.0 Å². The van der Waals surface area contributed by atoms with Gasteiger partial charge >= 0.3 is 0 Å². The van der Waals surface area contributed by atoms with Crippen molar-refractivity contribution in [2.45, 2.75) is 6.92 Å². The number of imide groups is 1. The number of carbonyl (C=O) groups excluding carboxylic acids is 2. The molecule has 5 rings (SSSR count). The van der Waals surface area contributed by atoms with E-state index in [0.29, 0.717) is 54.0 Å². The van der Waals surface area contributed by atoms with Gasteiger partial charge in [0.05, 0.1) is 17.9 Å². The second-order valence-corrected chi connectivity index (χ2v) is 7.62. The van der Waals surface area contributed by atoms with Crippen molar-refractivity contribution >= 4 is 28.8 Å². The first kappa shape index (κ1) is 21.5. The van der Waals surface area contributed by atoms with Crippen molar-refractivity contribution in [1.29, 1.82) is 0 Å². The van der Waals surface area contributed by atoms with E-state index in [1.54, 1.807) is 42.5 Å². The van der Waals surface area contributed by atoms with E-state index in [4.69, 9.17) is 14.2 Å². The van der Waals surface area contributed by atoms with Gasteiger partial charge in [0.2, 0.25) is 0 Å². The lowest BCUT2D eigenvalue weighted by molar-refractivity contribution is -0.120. The van der Waals surface area contributed by atoms with Crippen LogP contribution in [0.3, 0.4) is 0 Å². The Morgan fingerprint density at radius 2 is 1.71 bits per heavy atom. The van der Waals surface area contributed by atoms with Crippen LogP contribution in [0.15, 0.2) is 72.4 Å². The van der Waals surface area contributed by atoms with Gasteiger partial charge in [-0.15, -0.1) is 0 Å². The summed E-state index contributed by atoms with van der Waals surface area (Å²) in [4.78, 5) is 28.2. The first-order chi connectivity index (χ1) is 16.5. The maximum Gasteiger partial charge on any atom is 0.282 e. The van der Waals surface area contributed by atoms with Gasteiger partial charge in [0, 0.05) is 17.8 Å². The Morgan fingerprint density at radius 1 is 0.941 bits per heavy atom. The van der Waals surface area contributed by atoms with Crippen LogP contribution < -0.4 is 24.4 Å². The summed E-state index contributed by atoms with van der Waals surface area (Å²) < 4.78 is 30.3. The number of hydrogen-bond donors (Lipinski definition) is 1. The fourth-order valence-corrected chi connectivity index (χ4v) is 3.91. The second-order valence-electron chi connectivity index (χ2n) is 7.62. The lowest BCUT2D eigenvalue weighted by atomic mass is 10.0. The molecule has 2 heterocycles. The van der Waals surface area contributed by atoms with Crippen LogP contribution in [0.1, 0.15) is 12.5 Å². The molecule has 34 heavy (non-hydrogen) atoms. The predicted octanol–water partition coefficient (Wildman–Crippen LogP) is 4.39. The van der Waals surface area contributed by atoms with Crippen LogP contribution in [-0.4, -0.2) is 31.6 Å². The molecule has 1 N–H and O–H groups in total. The third kappa shape index (κ3) is 3.94. The monoisotopic (exact) mass is 460 g/mol. The molecule has 0 saturated carbocycles. The van der Waals surface area contributed by atoms with Gasteiger partial charge < -0.3 is 19.5 Å². The molecule has 0 atom stereocenters. The third-order valence-electron chi connectivity index (χ3n) is 5.42. The molecule has 8 heteroatoms. The van der Waals surface area contributed by atoms with Gasteiger partial charge in [-0.2, -0.15) is 0 Å². The highest BCUT2D eigenvalue weighted by Crippen LogP contribution is 2.37. The van der Waals surface area contributed by atoms with Gasteiger partial charge in [-0.05, 0) is 48.9 Å². The highest BCUT2D eigenvalue weighted by molar-refractivity contribution is 6.46. The van der Waals surface area contributed by atoms with Crippen molar-refractivity contribution in [3.8, 4) is 17.2 Å². The van der Waals surface area contributed by atoms with Crippen LogP contribution in [0.5, 0.6) is 17.2 Å². The molecule has 7 nitrogen and oxygen atoms in total. The molecule has 2 aliphatic rings. The summed E-state index contributed by atoms with van der Waals surface area (Å²) in [7, 11) is 0. The Balaban J connectivity index is 1.56. The fourth-order valence-electron chi connectivity index (χ4n) is 3.91. The number of rotatable bonds is 6. The summed E-state index contributed by atoms with van der Waals surface area (Å²) in [6.07, 6.45) is 0. The number of benzene rings is 3. The van der Waals surface area contributed by atoms with Gasteiger partial charge in [-0.25, -0.2) is 9.29 Å². The van der Waals surface area contributed by atoms with Crippen molar-refractivity contribution in [1.82, 2.24) is 0 Å². The van der Waals surface area contributed by atoms with Crippen molar-refractivity contribution in [3.05, 3.63) is 83.8 Å². The molecule has 172 valence electrons. The number of nitrogens with one attached hydrogen (secondary N) is 1. The topological polar surface area (TPSA) is 77.1 Å². The highest BCUT2D eigenvalue weighted by atomic mass is 19.1. The Bertz CT molecular complexity index is 1300. The van der Waals surface area contributed by atoms with Gasteiger partial charge in [0.15, 0.2) is 11.5 Å². The van der Waals surface area contributed by atoms with E-state index in [2.05, 4.69) is 5.32 Å². The lowest BCUT2D eigenvalue weighted by Gasteiger charge is -2.19. The summed E-state index contributed by atoms with van der Waals surface area (Å²) in [6.45, 7) is 3.17.